The molecule has 1 aliphatic rings. The van der Waals surface area contributed by atoms with E-state index in [-0.39, 0.29) is 30.5 Å². The summed E-state index contributed by atoms with van der Waals surface area (Å²) in [6, 6.07) is 13.9. The summed E-state index contributed by atoms with van der Waals surface area (Å²) in [6.07, 6.45) is 0.155. The molecular formula is C22H26FN3O3. The molecule has 29 heavy (non-hydrogen) atoms. The number of amides is 2. The van der Waals surface area contributed by atoms with Crippen molar-refractivity contribution in [2.24, 2.45) is 0 Å². The SMILES string of the molecule is COc1ccccc1N1CCN(C(=O)CCN(C(C)=O)c2ccccc2F)CC1. The van der Waals surface area contributed by atoms with Crippen molar-refractivity contribution < 1.29 is 18.7 Å². The molecule has 1 heterocycles. The maximum Gasteiger partial charge on any atom is 0.224 e. The van der Waals surface area contributed by atoms with Crippen LogP contribution >= 0.6 is 0 Å². The van der Waals surface area contributed by atoms with E-state index in [0.717, 1.165) is 11.4 Å². The molecule has 154 valence electrons. The van der Waals surface area contributed by atoms with E-state index in [9.17, 15) is 14.0 Å². The average Bonchev–Trinajstić information content (AvgIpc) is 2.74. The lowest BCUT2D eigenvalue weighted by Gasteiger charge is -2.37. The maximum absolute atomic E-state index is 14.0. The van der Waals surface area contributed by atoms with E-state index >= 15 is 0 Å². The fraction of sp³-hybridized carbons (Fsp3) is 0.364. The maximum atomic E-state index is 14.0. The van der Waals surface area contributed by atoms with Crippen LogP contribution in [0.3, 0.4) is 0 Å². The zero-order valence-corrected chi connectivity index (χ0v) is 16.8. The summed E-state index contributed by atoms with van der Waals surface area (Å²) >= 11 is 0. The number of hydrogen-bond donors (Lipinski definition) is 0. The molecule has 1 aliphatic heterocycles. The van der Waals surface area contributed by atoms with Gasteiger partial charge in [0.25, 0.3) is 0 Å². The third-order valence-electron chi connectivity index (χ3n) is 5.13. The lowest BCUT2D eigenvalue weighted by Crippen LogP contribution is -2.49. The standard InChI is InChI=1S/C22H26FN3O3/c1-17(27)26(19-8-4-3-7-18(19)23)12-11-22(28)25-15-13-24(14-16-25)20-9-5-6-10-21(20)29-2/h3-10H,11-16H2,1-2H3. The highest BCUT2D eigenvalue weighted by atomic mass is 19.1. The number of carbonyl (C=O) groups excluding carboxylic acids is 2. The van der Waals surface area contributed by atoms with Crippen molar-refractivity contribution in [1.82, 2.24) is 4.90 Å². The third kappa shape index (κ3) is 4.85. The number of halogens is 1. The number of carbonyl (C=O) groups is 2. The Bertz CT molecular complexity index is 866. The van der Waals surface area contributed by atoms with Crippen molar-refractivity contribution in [2.75, 3.05) is 49.6 Å². The second-order valence-corrected chi connectivity index (χ2v) is 6.91. The number of benzene rings is 2. The Morgan fingerprint density at radius 3 is 2.34 bits per heavy atom. The Kier molecular flexibility index (Phi) is 6.69. The first-order chi connectivity index (χ1) is 14.0. The van der Waals surface area contributed by atoms with Crippen LogP contribution in [0.2, 0.25) is 0 Å². The normalized spacial score (nSPS) is 13.9. The first-order valence-corrected chi connectivity index (χ1v) is 9.69. The van der Waals surface area contributed by atoms with Gasteiger partial charge in [0, 0.05) is 46.1 Å². The van der Waals surface area contributed by atoms with Gasteiger partial charge in [-0.1, -0.05) is 24.3 Å². The van der Waals surface area contributed by atoms with Gasteiger partial charge < -0.3 is 19.4 Å². The summed E-state index contributed by atoms with van der Waals surface area (Å²) in [5.41, 5.74) is 1.22. The van der Waals surface area contributed by atoms with Crippen molar-refractivity contribution >= 4 is 23.2 Å². The molecule has 1 saturated heterocycles. The first kappa shape index (κ1) is 20.6. The highest BCUT2D eigenvalue weighted by molar-refractivity contribution is 5.92. The Morgan fingerprint density at radius 2 is 1.69 bits per heavy atom. The molecule has 7 heteroatoms. The number of methoxy groups -OCH3 is 1. The molecule has 0 unspecified atom stereocenters. The Labute approximate surface area is 170 Å². The van der Waals surface area contributed by atoms with Crippen molar-refractivity contribution in [3.63, 3.8) is 0 Å². The van der Waals surface area contributed by atoms with E-state index in [4.69, 9.17) is 4.74 Å². The van der Waals surface area contributed by atoms with E-state index in [1.807, 2.05) is 24.3 Å². The van der Waals surface area contributed by atoms with Gasteiger partial charge in [0.15, 0.2) is 0 Å². The largest absolute Gasteiger partial charge is 0.495 e. The Morgan fingerprint density at radius 1 is 1.03 bits per heavy atom. The number of piperazine rings is 1. The fourth-order valence-electron chi connectivity index (χ4n) is 3.57. The van der Waals surface area contributed by atoms with Crippen LogP contribution in [0.5, 0.6) is 5.75 Å². The molecule has 3 rings (SSSR count). The molecular weight excluding hydrogens is 373 g/mol. The summed E-state index contributed by atoms with van der Waals surface area (Å²) in [4.78, 5) is 29.9. The van der Waals surface area contributed by atoms with E-state index in [1.54, 1.807) is 30.2 Å². The molecule has 0 N–H and O–H groups in total. The molecule has 0 radical (unpaired) electrons. The van der Waals surface area contributed by atoms with Crippen LogP contribution < -0.4 is 14.5 Å². The molecule has 1 fully saturated rings. The third-order valence-corrected chi connectivity index (χ3v) is 5.13. The number of anilines is 2. The van der Waals surface area contributed by atoms with Crippen molar-refractivity contribution in [3.8, 4) is 5.75 Å². The van der Waals surface area contributed by atoms with Crippen LogP contribution in [-0.4, -0.2) is 56.5 Å². The van der Waals surface area contributed by atoms with E-state index < -0.39 is 5.82 Å². The molecule has 2 amide bonds. The minimum absolute atomic E-state index is 0.0349. The summed E-state index contributed by atoms with van der Waals surface area (Å²) in [5.74, 6) is 0.0194. The zero-order valence-electron chi connectivity index (χ0n) is 16.8. The summed E-state index contributed by atoms with van der Waals surface area (Å²) in [6.45, 7) is 4.13. The minimum Gasteiger partial charge on any atom is -0.495 e. The van der Waals surface area contributed by atoms with E-state index in [2.05, 4.69) is 4.90 Å². The fourth-order valence-corrected chi connectivity index (χ4v) is 3.57. The van der Waals surface area contributed by atoms with Gasteiger partial charge in [-0.15, -0.1) is 0 Å². The van der Waals surface area contributed by atoms with Gasteiger partial charge in [0.05, 0.1) is 18.5 Å². The van der Waals surface area contributed by atoms with Gasteiger partial charge in [-0.2, -0.15) is 0 Å². The van der Waals surface area contributed by atoms with Crippen molar-refractivity contribution in [2.45, 2.75) is 13.3 Å². The van der Waals surface area contributed by atoms with Crippen molar-refractivity contribution in [1.29, 1.82) is 0 Å². The number of hydrogen-bond acceptors (Lipinski definition) is 4. The molecule has 0 spiro atoms. The second-order valence-electron chi connectivity index (χ2n) is 6.91. The summed E-state index contributed by atoms with van der Waals surface area (Å²) in [7, 11) is 1.65. The average molecular weight is 399 g/mol. The lowest BCUT2D eigenvalue weighted by atomic mass is 10.2. The molecule has 0 saturated carbocycles. The highest BCUT2D eigenvalue weighted by Crippen LogP contribution is 2.28. The summed E-state index contributed by atoms with van der Waals surface area (Å²) < 4.78 is 19.5. The van der Waals surface area contributed by atoms with Gasteiger partial charge in [-0.3, -0.25) is 9.59 Å². The smallest absolute Gasteiger partial charge is 0.224 e. The van der Waals surface area contributed by atoms with Crippen LogP contribution in [0.25, 0.3) is 0 Å². The van der Waals surface area contributed by atoms with Gasteiger partial charge >= 0.3 is 0 Å². The van der Waals surface area contributed by atoms with Crippen LogP contribution in [-0.2, 0) is 9.59 Å². The minimum atomic E-state index is -0.472. The molecule has 0 aliphatic carbocycles. The Balaban J connectivity index is 1.57. The number of rotatable bonds is 6. The predicted octanol–water partition coefficient (Wildman–Crippen LogP) is 2.93. The molecule has 0 atom stereocenters. The molecule has 2 aromatic carbocycles. The van der Waals surface area contributed by atoms with Gasteiger partial charge in [-0.25, -0.2) is 4.39 Å². The molecule has 0 aromatic heterocycles. The van der Waals surface area contributed by atoms with Gasteiger partial charge in [0.2, 0.25) is 11.8 Å². The van der Waals surface area contributed by atoms with Crippen LogP contribution in [0.1, 0.15) is 13.3 Å². The summed E-state index contributed by atoms with van der Waals surface area (Å²) in [5, 5.41) is 0. The van der Waals surface area contributed by atoms with Crippen LogP contribution in [0, 0.1) is 5.82 Å². The topological polar surface area (TPSA) is 53.1 Å². The first-order valence-electron chi connectivity index (χ1n) is 9.69. The Hall–Kier alpha value is -3.09. The molecule has 2 aromatic rings. The number of para-hydroxylation sites is 3. The number of nitrogens with zero attached hydrogens (tertiary/aromatic N) is 3. The van der Waals surface area contributed by atoms with E-state index in [1.165, 1.54) is 17.9 Å². The lowest BCUT2D eigenvalue weighted by molar-refractivity contribution is -0.131. The van der Waals surface area contributed by atoms with Gasteiger partial charge in [0.1, 0.15) is 11.6 Å². The quantitative estimate of drug-likeness (QED) is 0.750. The van der Waals surface area contributed by atoms with Gasteiger partial charge in [-0.05, 0) is 24.3 Å². The molecule has 6 nitrogen and oxygen atoms in total. The van der Waals surface area contributed by atoms with Crippen LogP contribution in [0.15, 0.2) is 48.5 Å². The second kappa shape index (κ2) is 9.41. The number of ether oxygens (including phenoxy) is 1. The van der Waals surface area contributed by atoms with Crippen molar-refractivity contribution in [3.05, 3.63) is 54.3 Å². The predicted molar refractivity (Wildman–Crippen MR) is 111 cm³/mol. The monoisotopic (exact) mass is 399 g/mol. The van der Waals surface area contributed by atoms with E-state index in [0.29, 0.717) is 26.2 Å². The molecule has 0 bridgehead atoms. The highest BCUT2D eigenvalue weighted by Gasteiger charge is 2.24. The zero-order chi connectivity index (χ0) is 20.8. The van der Waals surface area contributed by atoms with Crippen LogP contribution in [0.4, 0.5) is 15.8 Å².